The molecule has 1 aromatic heterocycles. The highest BCUT2D eigenvalue weighted by Gasteiger charge is 2.06. The van der Waals surface area contributed by atoms with Crippen molar-refractivity contribution in [3.63, 3.8) is 0 Å². The van der Waals surface area contributed by atoms with E-state index < -0.39 is 0 Å². The molecule has 0 bridgehead atoms. The van der Waals surface area contributed by atoms with Crippen LogP contribution in [0.2, 0.25) is 10.0 Å². The molecule has 0 aliphatic carbocycles. The molecule has 2 rings (SSSR count). The summed E-state index contributed by atoms with van der Waals surface area (Å²) in [7, 11) is 0. The van der Waals surface area contributed by atoms with Crippen molar-refractivity contribution in [3.05, 3.63) is 44.6 Å². The van der Waals surface area contributed by atoms with E-state index in [1.165, 1.54) is 5.56 Å². The highest BCUT2D eigenvalue weighted by atomic mass is 35.5. The summed E-state index contributed by atoms with van der Waals surface area (Å²) in [6.07, 6.45) is 0. The Morgan fingerprint density at radius 3 is 2.50 bits per heavy atom. The van der Waals surface area contributed by atoms with E-state index in [4.69, 9.17) is 28.9 Å². The van der Waals surface area contributed by atoms with E-state index in [0.717, 1.165) is 5.69 Å². The van der Waals surface area contributed by atoms with E-state index in [9.17, 15) is 0 Å². The predicted molar refractivity (Wildman–Crippen MR) is 72.5 cm³/mol. The van der Waals surface area contributed by atoms with Gasteiger partial charge in [-0.25, -0.2) is 0 Å². The Morgan fingerprint density at radius 1 is 1.25 bits per heavy atom. The van der Waals surface area contributed by atoms with Gasteiger partial charge in [0.15, 0.2) is 0 Å². The number of anilines is 2. The van der Waals surface area contributed by atoms with E-state index in [0.29, 0.717) is 22.3 Å². The summed E-state index contributed by atoms with van der Waals surface area (Å²) < 4.78 is 0. The SMILES string of the molecule is Nc1cc(Cl)c(NCc2ccsc2)c(Cl)c1. The number of rotatable bonds is 3. The number of nitrogen functional groups attached to an aromatic ring is 1. The molecular weight excluding hydrogens is 263 g/mol. The summed E-state index contributed by atoms with van der Waals surface area (Å²) in [6, 6.07) is 5.42. The van der Waals surface area contributed by atoms with Crippen molar-refractivity contribution < 1.29 is 0 Å². The second-order valence-electron chi connectivity index (χ2n) is 3.34. The Balaban J connectivity index is 2.15. The van der Waals surface area contributed by atoms with Gasteiger partial charge in [0.25, 0.3) is 0 Å². The summed E-state index contributed by atoms with van der Waals surface area (Å²) >= 11 is 13.8. The summed E-state index contributed by atoms with van der Waals surface area (Å²) in [4.78, 5) is 0. The summed E-state index contributed by atoms with van der Waals surface area (Å²) in [5.41, 5.74) is 8.12. The average Bonchev–Trinajstić information content (AvgIpc) is 2.68. The average molecular weight is 273 g/mol. The van der Waals surface area contributed by atoms with Gasteiger partial charge in [0.2, 0.25) is 0 Å². The second kappa shape index (κ2) is 4.95. The number of hydrogen-bond donors (Lipinski definition) is 2. The Morgan fingerprint density at radius 2 is 1.94 bits per heavy atom. The van der Waals surface area contributed by atoms with Gasteiger partial charge < -0.3 is 11.1 Å². The molecule has 3 N–H and O–H groups in total. The predicted octanol–water partition coefficient (Wildman–Crippen LogP) is 4.25. The molecule has 0 radical (unpaired) electrons. The molecule has 2 aromatic rings. The van der Waals surface area contributed by atoms with Crippen molar-refractivity contribution >= 4 is 45.9 Å². The zero-order valence-electron chi connectivity index (χ0n) is 8.34. The second-order valence-corrected chi connectivity index (χ2v) is 4.94. The van der Waals surface area contributed by atoms with Crippen LogP contribution in [0.15, 0.2) is 29.0 Å². The lowest BCUT2D eigenvalue weighted by Gasteiger charge is -2.10. The molecule has 0 aliphatic rings. The van der Waals surface area contributed by atoms with Gasteiger partial charge in [-0.15, -0.1) is 0 Å². The van der Waals surface area contributed by atoms with Crippen LogP contribution in [0.5, 0.6) is 0 Å². The standard InChI is InChI=1S/C11H10Cl2N2S/c12-9-3-8(14)4-10(13)11(9)15-5-7-1-2-16-6-7/h1-4,6,15H,5,14H2. The van der Waals surface area contributed by atoms with Crippen LogP contribution in [0, 0.1) is 0 Å². The number of benzene rings is 1. The van der Waals surface area contributed by atoms with Crippen molar-refractivity contribution in [2.45, 2.75) is 6.54 Å². The molecule has 0 unspecified atom stereocenters. The highest BCUT2D eigenvalue weighted by Crippen LogP contribution is 2.33. The molecule has 84 valence electrons. The van der Waals surface area contributed by atoms with Gasteiger partial charge in [-0.3, -0.25) is 0 Å². The Hall–Kier alpha value is -0.900. The van der Waals surface area contributed by atoms with Gasteiger partial charge in [0.05, 0.1) is 15.7 Å². The number of hydrogen-bond acceptors (Lipinski definition) is 3. The summed E-state index contributed by atoms with van der Waals surface area (Å²) in [5, 5.41) is 8.39. The maximum Gasteiger partial charge on any atom is 0.0723 e. The number of halogens is 2. The van der Waals surface area contributed by atoms with Crippen LogP contribution in [-0.2, 0) is 6.54 Å². The topological polar surface area (TPSA) is 38.0 Å². The molecule has 2 nitrogen and oxygen atoms in total. The summed E-state index contributed by atoms with van der Waals surface area (Å²) in [6.45, 7) is 0.701. The number of nitrogens with two attached hydrogens (primary N) is 1. The quantitative estimate of drug-likeness (QED) is 0.820. The molecule has 5 heteroatoms. The first-order chi connectivity index (χ1) is 7.66. The lowest BCUT2D eigenvalue weighted by molar-refractivity contribution is 1.16. The Bertz CT molecular complexity index is 460. The Kier molecular flexibility index (Phi) is 3.59. The van der Waals surface area contributed by atoms with Crippen molar-refractivity contribution in [2.24, 2.45) is 0 Å². The van der Waals surface area contributed by atoms with Gasteiger partial charge in [0, 0.05) is 12.2 Å². The third-order valence-corrected chi connectivity index (χ3v) is 3.44. The van der Waals surface area contributed by atoms with Gasteiger partial charge in [0.1, 0.15) is 0 Å². The third kappa shape index (κ3) is 2.61. The minimum absolute atomic E-state index is 0.542. The molecule has 1 heterocycles. The maximum atomic E-state index is 6.05. The van der Waals surface area contributed by atoms with Crippen molar-refractivity contribution in [1.29, 1.82) is 0 Å². The van der Waals surface area contributed by atoms with E-state index in [1.807, 2.05) is 5.38 Å². The number of thiophene rings is 1. The monoisotopic (exact) mass is 272 g/mol. The molecule has 0 fully saturated rings. The van der Waals surface area contributed by atoms with Crippen molar-refractivity contribution in [3.8, 4) is 0 Å². The highest BCUT2D eigenvalue weighted by molar-refractivity contribution is 7.07. The Labute approximate surface area is 108 Å². The first kappa shape index (κ1) is 11.6. The van der Waals surface area contributed by atoms with Crippen LogP contribution in [-0.4, -0.2) is 0 Å². The molecule has 16 heavy (non-hydrogen) atoms. The van der Waals surface area contributed by atoms with Gasteiger partial charge in [-0.2, -0.15) is 11.3 Å². The fourth-order valence-electron chi connectivity index (χ4n) is 1.35. The minimum Gasteiger partial charge on any atom is -0.399 e. The lowest BCUT2D eigenvalue weighted by Crippen LogP contribution is -2.00. The zero-order chi connectivity index (χ0) is 11.5. The van der Waals surface area contributed by atoms with E-state index in [2.05, 4.69) is 16.8 Å². The molecule has 1 aromatic carbocycles. The van der Waals surface area contributed by atoms with Gasteiger partial charge >= 0.3 is 0 Å². The number of nitrogens with one attached hydrogen (secondary N) is 1. The van der Waals surface area contributed by atoms with Crippen LogP contribution in [0.25, 0.3) is 0 Å². The zero-order valence-corrected chi connectivity index (χ0v) is 10.7. The first-order valence-corrected chi connectivity index (χ1v) is 6.36. The minimum atomic E-state index is 0.542. The van der Waals surface area contributed by atoms with Crippen LogP contribution in [0.4, 0.5) is 11.4 Å². The van der Waals surface area contributed by atoms with Crippen LogP contribution >= 0.6 is 34.5 Å². The molecular formula is C11H10Cl2N2S. The normalized spacial score (nSPS) is 10.4. The van der Waals surface area contributed by atoms with Crippen molar-refractivity contribution in [1.82, 2.24) is 0 Å². The lowest BCUT2D eigenvalue weighted by atomic mass is 10.2. The fourth-order valence-corrected chi connectivity index (χ4v) is 2.65. The maximum absolute atomic E-state index is 6.05. The molecule has 0 saturated heterocycles. The van der Waals surface area contributed by atoms with Crippen LogP contribution in [0.3, 0.4) is 0 Å². The third-order valence-electron chi connectivity index (χ3n) is 2.11. The molecule has 0 aliphatic heterocycles. The first-order valence-electron chi connectivity index (χ1n) is 4.66. The fraction of sp³-hybridized carbons (Fsp3) is 0.0909. The van der Waals surface area contributed by atoms with Crippen LogP contribution in [0.1, 0.15) is 5.56 Å². The largest absolute Gasteiger partial charge is 0.399 e. The van der Waals surface area contributed by atoms with E-state index >= 15 is 0 Å². The molecule has 0 saturated carbocycles. The molecule has 0 atom stereocenters. The molecule has 0 spiro atoms. The van der Waals surface area contributed by atoms with Crippen molar-refractivity contribution in [2.75, 3.05) is 11.1 Å². The summed E-state index contributed by atoms with van der Waals surface area (Å²) in [5.74, 6) is 0. The van der Waals surface area contributed by atoms with E-state index in [-0.39, 0.29) is 0 Å². The smallest absolute Gasteiger partial charge is 0.0723 e. The van der Waals surface area contributed by atoms with Gasteiger partial charge in [-0.1, -0.05) is 23.2 Å². The van der Waals surface area contributed by atoms with E-state index in [1.54, 1.807) is 23.5 Å². The van der Waals surface area contributed by atoms with Gasteiger partial charge in [-0.05, 0) is 34.5 Å². The van der Waals surface area contributed by atoms with Crippen LogP contribution < -0.4 is 11.1 Å². The molecule has 0 amide bonds.